The standard InChI is InChI=1S/C50H38N2O.C20H20O/c1-4-33-15-7-8-16-36(33)37-17-11-18-38-39-19-12-22-46(50(39)53-49(37)38)52(44-21-10-6-14-32(44)3)45-30-26-35-23-27-40-43(51-42-20-9-5-13-31(42)2)29-25-34-24-28-41(45)48(35)47(34)40;1-4-5-12-20(16(3)21)18-11-8-10-17(14-18)19-13-7-6-9-15(19)2/h5-30,51H,4H2,1-3H3;4-14,21H,1H2,2-3H3/b;12-5-,20-16-. The number of para-hydroxylation sites is 4. The number of aryl methyl sites for hydroxylation is 4. The van der Waals surface area contributed by atoms with Gasteiger partial charge in [0.05, 0.1) is 17.1 Å². The summed E-state index contributed by atoms with van der Waals surface area (Å²) in [7, 11) is 0. The van der Waals surface area contributed by atoms with Crippen LogP contribution in [-0.2, 0) is 6.42 Å². The Balaban J connectivity index is 0.000000236. The number of rotatable bonds is 11. The summed E-state index contributed by atoms with van der Waals surface area (Å²) < 4.78 is 7.09. The van der Waals surface area contributed by atoms with Crippen LogP contribution in [0.2, 0.25) is 0 Å². The van der Waals surface area contributed by atoms with Crippen molar-refractivity contribution in [1.82, 2.24) is 0 Å². The van der Waals surface area contributed by atoms with Crippen molar-refractivity contribution < 1.29 is 9.52 Å². The van der Waals surface area contributed by atoms with Gasteiger partial charge in [0.2, 0.25) is 0 Å². The predicted molar refractivity (Wildman–Crippen MR) is 317 cm³/mol. The molecule has 0 saturated heterocycles. The van der Waals surface area contributed by atoms with E-state index in [2.05, 4.69) is 226 Å². The average Bonchev–Trinajstić information content (AvgIpc) is 3.82. The Labute approximate surface area is 433 Å². The molecule has 4 heteroatoms. The van der Waals surface area contributed by atoms with E-state index < -0.39 is 0 Å². The van der Waals surface area contributed by atoms with Crippen LogP contribution >= 0.6 is 0 Å². The van der Waals surface area contributed by atoms with Crippen molar-refractivity contribution >= 4 is 88.3 Å². The van der Waals surface area contributed by atoms with Crippen molar-refractivity contribution in [3.05, 3.63) is 265 Å². The van der Waals surface area contributed by atoms with Gasteiger partial charge in [0.15, 0.2) is 5.58 Å². The second kappa shape index (κ2) is 20.2. The number of nitrogens with one attached hydrogen (secondary N) is 1. The fourth-order valence-electron chi connectivity index (χ4n) is 10.8. The molecular formula is C70H58N2O2. The lowest BCUT2D eigenvalue weighted by molar-refractivity contribution is 0.417. The van der Waals surface area contributed by atoms with Gasteiger partial charge in [0, 0.05) is 49.7 Å². The summed E-state index contributed by atoms with van der Waals surface area (Å²) in [6.07, 6.45) is 6.36. The third kappa shape index (κ3) is 8.65. The largest absolute Gasteiger partial charge is 0.512 e. The van der Waals surface area contributed by atoms with Gasteiger partial charge in [0.25, 0.3) is 0 Å². The van der Waals surface area contributed by atoms with Crippen LogP contribution in [0.3, 0.4) is 0 Å². The SMILES string of the molecule is C=C/C=C\C(=C(/C)O)c1cccc(-c2ccccc2C)c1.CCc1ccccc1-c1cccc2c1oc1c(N(c3ccccc3C)c3ccc4ccc5c(Nc6ccccc6C)ccc6ccc3c4c65)cccc12. The topological polar surface area (TPSA) is 48.6 Å². The summed E-state index contributed by atoms with van der Waals surface area (Å²) in [5, 5.41) is 23.3. The molecule has 4 nitrogen and oxygen atoms in total. The van der Waals surface area contributed by atoms with E-state index in [1.807, 2.05) is 36.4 Å². The minimum absolute atomic E-state index is 0.301. The molecule has 0 aliphatic carbocycles. The van der Waals surface area contributed by atoms with Crippen LogP contribution in [-0.4, -0.2) is 5.11 Å². The van der Waals surface area contributed by atoms with Crippen LogP contribution in [0.5, 0.6) is 0 Å². The van der Waals surface area contributed by atoms with Gasteiger partial charge in [0.1, 0.15) is 5.58 Å². The highest BCUT2D eigenvalue weighted by atomic mass is 16.3. The van der Waals surface area contributed by atoms with Gasteiger partial charge >= 0.3 is 0 Å². The summed E-state index contributed by atoms with van der Waals surface area (Å²) in [5.74, 6) is 0.301. The molecular weight excluding hydrogens is 901 g/mol. The maximum absolute atomic E-state index is 9.90. The number of hydrogen-bond acceptors (Lipinski definition) is 4. The van der Waals surface area contributed by atoms with E-state index >= 15 is 0 Å². The fourth-order valence-corrected chi connectivity index (χ4v) is 10.8. The van der Waals surface area contributed by atoms with Crippen molar-refractivity contribution in [2.75, 3.05) is 10.2 Å². The van der Waals surface area contributed by atoms with Crippen molar-refractivity contribution in [3.63, 3.8) is 0 Å². The molecule has 1 aromatic heterocycles. The van der Waals surface area contributed by atoms with Crippen LogP contribution < -0.4 is 10.2 Å². The number of allylic oxidation sites excluding steroid dienone is 5. The second-order valence-corrected chi connectivity index (χ2v) is 19.1. The first-order valence-electron chi connectivity index (χ1n) is 25.5. The van der Waals surface area contributed by atoms with Crippen molar-refractivity contribution in [1.29, 1.82) is 0 Å². The highest BCUT2D eigenvalue weighted by molar-refractivity contribution is 6.28. The Morgan fingerprint density at radius 3 is 1.88 bits per heavy atom. The van der Waals surface area contributed by atoms with E-state index in [0.717, 1.165) is 79.1 Å². The summed E-state index contributed by atoms with van der Waals surface area (Å²) in [6.45, 7) is 14.0. The van der Waals surface area contributed by atoms with E-state index in [1.165, 1.54) is 65.7 Å². The average molecular weight is 959 g/mol. The van der Waals surface area contributed by atoms with Crippen LogP contribution in [0, 0.1) is 20.8 Å². The number of nitrogens with zero attached hydrogens (tertiary/aromatic N) is 1. The smallest absolute Gasteiger partial charge is 0.159 e. The number of aliphatic hydroxyl groups excluding tert-OH is 1. The van der Waals surface area contributed by atoms with E-state index in [-0.39, 0.29) is 0 Å². The normalized spacial score (nSPS) is 11.9. The molecule has 2 N–H and O–H groups in total. The Morgan fingerprint density at radius 1 is 0.527 bits per heavy atom. The maximum atomic E-state index is 9.90. The molecule has 0 amide bonds. The Hall–Kier alpha value is -9.12. The van der Waals surface area contributed by atoms with E-state index in [9.17, 15) is 5.11 Å². The Morgan fingerprint density at radius 2 is 1.14 bits per heavy atom. The molecule has 11 aromatic carbocycles. The molecule has 12 aromatic rings. The van der Waals surface area contributed by atoms with E-state index in [4.69, 9.17) is 4.42 Å². The zero-order chi connectivity index (χ0) is 50.9. The predicted octanol–water partition coefficient (Wildman–Crippen LogP) is 20.2. The van der Waals surface area contributed by atoms with Gasteiger partial charge in [-0.3, -0.25) is 0 Å². The molecule has 0 spiro atoms. The highest BCUT2D eigenvalue weighted by Gasteiger charge is 2.25. The maximum Gasteiger partial charge on any atom is 0.159 e. The number of anilines is 5. The van der Waals surface area contributed by atoms with Crippen molar-refractivity contribution in [2.45, 2.75) is 41.0 Å². The zero-order valence-electron chi connectivity index (χ0n) is 42.6. The summed E-state index contributed by atoms with van der Waals surface area (Å²) >= 11 is 0. The quantitative estimate of drug-likeness (QED) is 0.0770. The third-order valence-corrected chi connectivity index (χ3v) is 14.5. The van der Waals surface area contributed by atoms with Gasteiger partial charge < -0.3 is 19.7 Å². The molecule has 0 unspecified atom stereocenters. The highest BCUT2D eigenvalue weighted by Crippen LogP contribution is 2.49. The zero-order valence-corrected chi connectivity index (χ0v) is 42.6. The van der Waals surface area contributed by atoms with E-state index in [0.29, 0.717) is 5.76 Å². The number of furan rings is 1. The van der Waals surface area contributed by atoms with Gasteiger partial charge in [-0.1, -0.05) is 202 Å². The van der Waals surface area contributed by atoms with Gasteiger partial charge in [-0.05, 0) is 137 Å². The lowest BCUT2D eigenvalue weighted by Crippen LogP contribution is -2.12. The summed E-state index contributed by atoms with van der Waals surface area (Å²) in [5.41, 5.74) is 18.7. The molecule has 1 heterocycles. The first-order valence-corrected chi connectivity index (χ1v) is 25.5. The van der Waals surface area contributed by atoms with Crippen LogP contribution in [0.25, 0.3) is 82.1 Å². The molecule has 0 fully saturated rings. The first-order chi connectivity index (χ1) is 36.2. The van der Waals surface area contributed by atoms with Gasteiger partial charge in [-0.2, -0.15) is 0 Å². The molecule has 0 bridgehead atoms. The van der Waals surface area contributed by atoms with Crippen LogP contribution in [0.1, 0.15) is 41.7 Å². The monoisotopic (exact) mass is 958 g/mol. The van der Waals surface area contributed by atoms with E-state index in [1.54, 1.807) is 13.0 Å². The number of hydrogen-bond donors (Lipinski definition) is 2. The van der Waals surface area contributed by atoms with Crippen LogP contribution in [0.4, 0.5) is 28.4 Å². The first kappa shape index (κ1) is 47.2. The van der Waals surface area contributed by atoms with Crippen molar-refractivity contribution in [2.24, 2.45) is 0 Å². The molecule has 74 heavy (non-hydrogen) atoms. The summed E-state index contributed by atoms with van der Waals surface area (Å²) in [6, 6.07) is 73.6. The number of aliphatic hydroxyl groups is 1. The number of fused-ring (bicyclic) bond motifs is 3. The Kier molecular flexibility index (Phi) is 12.9. The molecule has 0 radical (unpaired) electrons. The van der Waals surface area contributed by atoms with Crippen molar-refractivity contribution in [3.8, 4) is 22.3 Å². The second-order valence-electron chi connectivity index (χ2n) is 19.1. The molecule has 12 rings (SSSR count). The molecule has 360 valence electrons. The Bertz CT molecular complexity index is 4130. The molecule has 0 saturated carbocycles. The third-order valence-electron chi connectivity index (χ3n) is 14.5. The molecule has 0 atom stereocenters. The lowest BCUT2D eigenvalue weighted by atomic mass is 9.92. The lowest BCUT2D eigenvalue weighted by Gasteiger charge is -2.29. The van der Waals surface area contributed by atoms with Gasteiger partial charge in [-0.15, -0.1) is 0 Å². The minimum Gasteiger partial charge on any atom is -0.512 e. The van der Waals surface area contributed by atoms with Crippen LogP contribution in [0.15, 0.2) is 241 Å². The number of benzene rings is 11. The minimum atomic E-state index is 0.301. The molecule has 0 aliphatic heterocycles. The van der Waals surface area contributed by atoms with Gasteiger partial charge in [-0.25, -0.2) is 0 Å². The fraction of sp³-hybridized carbons (Fsp3) is 0.0857. The molecule has 0 aliphatic rings. The summed E-state index contributed by atoms with van der Waals surface area (Å²) in [4.78, 5) is 2.41.